The second kappa shape index (κ2) is 14.9. The average Bonchev–Trinajstić information content (AvgIpc) is 3.95. The van der Waals surface area contributed by atoms with Gasteiger partial charge in [0.05, 0.1) is 18.2 Å². The van der Waals surface area contributed by atoms with Crippen molar-refractivity contribution in [1.82, 2.24) is 35.1 Å². The lowest BCUT2D eigenvalue weighted by atomic mass is 9.67. The highest BCUT2D eigenvalue weighted by Crippen LogP contribution is 2.49. The van der Waals surface area contributed by atoms with Crippen molar-refractivity contribution in [3.63, 3.8) is 0 Å². The van der Waals surface area contributed by atoms with Gasteiger partial charge in [0.1, 0.15) is 11.5 Å². The van der Waals surface area contributed by atoms with Gasteiger partial charge in [-0.2, -0.15) is 0 Å². The molecule has 59 heavy (non-hydrogen) atoms. The first-order valence-electron chi connectivity index (χ1n) is 21.4. The normalized spacial score (nSPS) is 28.6. The molecule has 4 N–H and O–H groups in total. The van der Waals surface area contributed by atoms with Crippen LogP contribution in [0.4, 0.5) is 22.1 Å². The van der Waals surface area contributed by atoms with E-state index in [0.717, 1.165) is 74.8 Å². The Bertz CT molecular complexity index is 2330. The minimum Gasteiger partial charge on any atom is -0.364 e. The van der Waals surface area contributed by atoms with E-state index in [1.807, 2.05) is 11.9 Å². The van der Waals surface area contributed by atoms with E-state index in [4.69, 9.17) is 15.2 Å². The van der Waals surface area contributed by atoms with Crippen LogP contribution >= 0.6 is 0 Å². The van der Waals surface area contributed by atoms with Crippen LogP contribution in [0.25, 0.3) is 11.0 Å². The quantitative estimate of drug-likeness (QED) is 0.210. The molecule has 6 unspecified atom stereocenters. The molecule has 10 rings (SSSR count). The molecule has 5 amide bonds. The number of amides is 5. The molecule has 2 aromatic carbocycles. The predicted molar refractivity (Wildman–Crippen MR) is 220 cm³/mol. The summed E-state index contributed by atoms with van der Waals surface area (Å²) in [5.41, 5.74) is 12.0. The van der Waals surface area contributed by atoms with Gasteiger partial charge in [0.2, 0.25) is 11.8 Å². The molecule has 5 fully saturated rings. The highest BCUT2D eigenvalue weighted by molar-refractivity contribution is 6.02. The minimum atomic E-state index is -0.648. The topological polar surface area (TPSA) is 183 Å². The van der Waals surface area contributed by atoms with Gasteiger partial charge in [0, 0.05) is 68.4 Å². The first kappa shape index (κ1) is 37.7. The second-order valence-corrected chi connectivity index (χ2v) is 17.8. The Balaban J connectivity index is 0.824. The molecule has 2 bridgehead atoms. The van der Waals surface area contributed by atoms with Gasteiger partial charge in [-0.1, -0.05) is 23.4 Å². The number of hydrogen-bond acceptors (Lipinski definition) is 11. The molecule has 0 radical (unpaired) electrons. The lowest BCUT2D eigenvalue weighted by molar-refractivity contribution is -0.134. The van der Waals surface area contributed by atoms with E-state index in [9.17, 15) is 19.2 Å². The van der Waals surface area contributed by atoms with Crippen molar-refractivity contribution in [3.05, 3.63) is 70.7 Å². The van der Waals surface area contributed by atoms with E-state index in [2.05, 4.69) is 74.0 Å². The molecule has 5 aliphatic heterocycles. The standard InChI is InChI=1S/C44H52N10O5/c1-51-16-17-54(44(51)58)30-4-3-15-53(23-30)36-22-46-39(41(45)56)42(48-36)47-28-8-5-24(6-9-28)26-19-29-10-12-31(35(21-26)52(29)2)27-18-25-7-11-32-38(50-59-40(32)34(25)20-27)33-13-14-37(55)49-43(33)57/h5-9,11,22,26-27,29-31,33,35H,3-4,10,12-21,23H2,1-2H3,(H2,45,56)(H,47,48)(H,49,55,57)/t26?,27?,29?,30-,31?,33?,35?/m1/s1. The summed E-state index contributed by atoms with van der Waals surface area (Å²) in [6.45, 7) is 2.91. The third kappa shape index (κ3) is 6.76. The summed E-state index contributed by atoms with van der Waals surface area (Å²) >= 11 is 0. The highest BCUT2D eigenvalue weighted by Gasteiger charge is 2.46. The van der Waals surface area contributed by atoms with Crippen LogP contribution in [0.5, 0.6) is 0 Å². The maximum atomic E-state index is 12.7. The van der Waals surface area contributed by atoms with Crippen molar-refractivity contribution >= 4 is 52.0 Å². The van der Waals surface area contributed by atoms with E-state index in [-0.39, 0.29) is 29.6 Å². The maximum Gasteiger partial charge on any atom is 0.320 e. The van der Waals surface area contributed by atoms with Crippen molar-refractivity contribution in [2.45, 2.75) is 94.2 Å². The predicted octanol–water partition coefficient (Wildman–Crippen LogP) is 4.69. The lowest BCUT2D eigenvalue weighted by Gasteiger charge is -2.52. The zero-order valence-electron chi connectivity index (χ0n) is 33.7. The number of fused-ring (bicyclic) bond motifs is 5. The number of hydrogen-bond donors (Lipinski definition) is 3. The smallest absolute Gasteiger partial charge is 0.320 e. The Morgan fingerprint density at radius 2 is 1.80 bits per heavy atom. The number of carbonyl (C=O) groups is 4. The number of urea groups is 1. The van der Waals surface area contributed by atoms with Crippen molar-refractivity contribution < 1.29 is 23.7 Å². The lowest BCUT2D eigenvalue weighted by Crippen LogP contribution is -2.55. The molecular weight excluding hydrogens is 749 g/mol. The maximum absolute atomic E-state index is 12.7. The van der Waals surface area contributed by atoms with Crippen LogP contribution in [-0.4, -0.2) is 112 Å². The van der Waals surface area contributed by atoms with Gasteiger partial charge in [-0.05, 0) is 112 Å². The Morgan fingerprint density at radius 3 is 2.58 bits per heavy atom. The Hall–Kier alpha value is -5.57. The zero-order chi connectivity index (χ0) is 40.5. The molecule has 7 heterocycles. The molecule has 6 aliphatic rings. The number of likely N-dealkylation sites (N-methyl/N-ethyl adjacent to an activating group) is 1. The molecule has 0 spiro atoms. The van der Waals surface area contributed by atoms with Crippen molar-refractivity contribution in [2.24, 2.45) is 17.6 Å². The molecule has 2 aromatic heterocycles. The van der Waals surface area contributed by atoms with Gasteiger partial charge in [-0.3, -0.25) is 19.7 Å². The van der Waals surface area contributed by atoms with Crippen LogP contribution in [-0.2, 0) is 22.4 Å². The summed E-state index contributed by atoms with van der Waals surface area (Å²) in [6.07, 6.45) is 10.8. The fraction of sp³-hybridized carbons (Fsp3) is 0.523. The van der Waals surface area contributed by atoms with E-state index >= 15 is 0 Å². The number of aromatic nitrogens is 3. The molecule has 15 heteroatoms. The number of carbonyl (C=O) groups excluding carboxylic acids is 4. The molecule has 1 aliphatic carbocycles. The van der Waals surface area contributed by atoms with Gasteiger partial charge in [0.15, 0.2) is 17.1 Å². The van der Waals surface area contributed by atoms with E-state index in [0.29, 0.717) is 66.6 Å². The third-order valence-electron chi connectivity index (χ3n) is 14.5. The summed E-state index contributed by atoms with van der Waals surface area (Å²) < 4.78 is 5.98. The monoisotopic (exact) mass is 800 g/mol. The fourth-order valence-corrected chi connectivity index (χ4v) is 11.4. The van der Waals surface area contributed by atoms with Crippen LogP contribution < -0.4 is 21.3 Å². The van der Waals surface area contributed by atoms with Crippen molar-refractivity contribution in [2.75, 3.05) is 50.5 Å². The molecule has 0 saturated carbocycles. The van der Waals surface area contributed by atoms with Gasteiger partial charge in [-0.15, -0.1) is 0 Å². The van der Waals surface area contributed by atoms with Crippen LogP contribution in [0, 0.1) is 11.8 Å². The first-order valence-corrected chi connectivity index (χ1v) is 21.4. The zero-order valence-corrected chi connectivity index (χ0v) is 33.7. The summed E-state index contributed by atoms with van der Waals surface area (Å²) in [5, 5.41) is 11.1. The largest absolute Gasteiger partial charge is 0.364 e. The molecule has 5 saturated heterocycles. The third-order valence-corrected chi connectivity index (χ3v) is 14.5. The van der Waals surface area contributed by atoms with Crippen LogP contribution in [0.1, 0.15) is 96.1 Å². The number of piperidine rings is 4. The van der Waals surface area contributed by atoms with Crippen LogP contribution in [0.15, 0.2) is 47.1 Å². The number of benzene rings is 2. The van der Waals surface area contributed by atoms with Crippen LogP contribution in [0.3, 0.4) is 0 Å². The molecule has 4 aromatic rings. The van der Waals surface area contributed by atoms with Crippen LogP contribution in [0.2, 0.25) is 0 Å². The molecule has 15 nitrogen and oxygen atoms in total. The number of rotatable bonds is 8. The first-order chi connectivity index (χ1) is 28.6. The number of nitrogens with zero attached hydrogens (tertiary/aromatic N) is 7. The van der Waals surface area contributed by atoms with Gasteiger partial charge in [-0.25, -0.2) is 14.8 Å². The fourth-order valence-electron chi connectivity index (χ4n) is 11.4. The Labute approximate surface area is 343 Å². The number of nitrogens with one attached hydrogen (secondary N) is 2. The number of nitrogens with two attached hydrogens (primary N) is 1. The Morgan fingerprint density at radius 1 is 0.949 bits per heavy atom. The number of anilines is 3. The summed E-state index contributed by atoms with van der Waals surface area (Å²) in [4.78, 5) is 67.5. The van der Waals surface area contributed by atoms with E-state index in [1.165, 1.54) is 29.5 Å². The number of primary amides is 1. The SMILES string of the molecule is CN1CCN([C@@H]2CCCN(c3cnc(C(N)=O)c(Nc4ccc(C5CC6CCC(C7Cc8ccc9c(C%10CCC(=O)NC%10=O)noc9c8C7)C(C5)N6C)cc4)n3)C2)C1=O. The van der Waals surface area contributed by atoms with E-state index in [1.54, 1.807) is 11.1 Å². The number of imide groups is 1. The average molecular weight is 801 g/mol. The summed E-state index contributed by atoms with van der Waals surface area (Å²) in [7, 11) is 4.15. The summed E-state index contributed by atoms with van der Waals surface area (Å²) in [6, 6.07) is 14.0. The Kier molecular flexibility index (Phi) is 9.53. The van der Waals surface area contributed by atoms with Crippen molar-refractivity contribution in [3.8, 4) is 0 Å². The van der Waals surface area contributed by atoms with E-state index < -0.39 is 11.8 Å². The summed E-state index contributed by atoms with van der Waals surface area (Å²) in [5.74, 6) is 0.800. The van der Waals surface area contributed by atoms with Gasteiger partial charge >= 0.3 is 6.03 Å². The minimum absolute atomic E-state index is 0.0691. The molecular formula is C44H52N10O5. The second-order valence-electron chi connectivity index (χ2n) is 17.8. The highest BCUT2D eigenvalue weighted by atomic mass is 16.5. The molecule has 308 valence electrons. The molecule has 7 atom stereocenters. The van der Waals surface area contributed by atoms with Crippen molar-refractivity contribution in [1.29, 1.82) is 0 Å². The van der Waals surface area contributed by atoms with Gasteiger partial charge in [0.25, 0.3) is 5.91 Å². The van der Waals surface area contributed by atoms with Gasteiger partial charge < -0.3 is 35.2 Å².